The van der Waals surface area contributed by atoms with Crippen molar-refractivity contribution in [2.75, 3.05) is 7.05 Å². The Kier molecular flexibility index (Phi) is 4.13. The maximum Gasteiger partial charge on any atom is 0.123 e. The van der Waals surface area contributed by atoms with Gasteiger partial charge in [-0.2, -0.15) is 0 Å². The summed E-state index contributed by atoms with van der Waals surface area (Å²) >= 11 is 0. The van der Waals surface area contributed by atoms with Crippen LogP contribution in [0, 0.1) is 11.7 Å². The van der Waals surface area contributed by atoms with Crippen LogP contribution in [-0.4, -0.2) is 13.1 Å². The molecule has 2 rings (SSSR count). The second kappa shape index (κ2) is 5.61. The Labute approximate surface area is 102 Å². The average molecular weight is 236 g/mol. The molecule has 1 aromatic rings. The molecule has 94 valence electrons. The number of hydrogen-bond donors (Lipinski definition) is 2. The van der Waals surface area contributed by atoms with E-state index < -0.39 is 0 Å². The normalized spacial score (nSPS) is 26.8. The Hall–Kier alpha value is -0.930. The molecule has 0 aromatic heterocycles. The fourth-order valence-electron chi connectivity index (χ4n) is 2.75. The molecular formula is C14H21FN2. The lowest BCUT2D eigenvalue weighted by molar-refractivity contribution is 0.266. The highest BCUT2D eigenvalue weighted by atomic mass is 19.1. The van der Waals surface area contributed by atoms with Crippen molar-refractivity contribution in [3.63, 3.8) is 0 Å². The van der Waals surface area contributed by atoms with E-state index in [4.69, 9.17) is 5.73 Å². The highest BCUT2D eigenvalue weighted by Gasteiger charge is 2.25. The molecule has 1 fully saturated rings. The van der Waals surface area contributed by atoms with Crippen molar-refractivity contribution in [3.05, 3.63) is 35.6 Å². The van der Waals surface area contributed by atoms with Crippen LogP contribution in [0.3, 0.4) is 0 Å². The van der Waals surface area contributed by atoms with Crippen molar-refractivity contribution in [2.24, 2.45) is 11.7 Å². The minimum absolute atomic E-state index is 0.0245. The SMILES string of the molecule is CNC1CCC(C(N)c2cccc(F)c2)CC1. The Bertz CT molecular complexity index is 359. The smallest absolute Gasteiger partial charge is 0.123 e. The lowest BCUT2D eigenvalue weighted by Crippen LogP contribution is -2.33. The summed E-state index contributed by atoms with van der Waals surface area (Å²) in [5, 5.41) is 3.31. The molecule has 1 aromatic carbocycles. The van der Waals surface area contributed by atoms with Crippen LogP contribution < -0.4 is 11.1 Å². The molecule has 0 bridgehead atoms. The molecule has 3 N–H and O–H groups in total. The van der Waals surface area contributed by atoms with Crippen molar-refractivity contribution in [1.82, 2.24) is 5.32 Å². The molecule has 2 nitrogen and oxygen atoms in total. The molecular weight excluding hydrogens is 215 g/mol. The fraction of sp³-hybridized carbons (Fsp3) is 0.571. The third-order valence-electron chi connectivity index (χ3n) is 3.92. The first kappa shape index (κ1) is 12.5. The number of rotatable bonds is 3. The maximum atomic E-state index is 13.1. The van der Waals surface area contributed by atoms with E-state index in [2.05, 4.69) is 5.32 Å². The van der Waals surface area contributed by atoms with Gasteiger partial charge < -0.3 is 11.1 Å². The largest absolute Gasteiger partial charge is 0.324 e. The van der Waals surface area contributed by atoms with Crippen LogP contribution in [0.15, 0.2) is 24.3 Å². The van der Waals surface area contributed by atoms with Crippen molar-refractivity contribution in [1.29, 1.82) is 0 Å². The molecule has 1 unspecified atom stereocenters. The molecule has 0 radical (unpaired) electrons. The maximum absolute atomic E-state index is 13.1. The summed E-state index contributed by atoms with van der Waals surface area (Å²) in [5.74, 6) is 0.295. The zero-order valence-electron chi connectivity index (χ0n) is 10.3. The highest BCUT2D eigenvalue weighted by Crippen LogP contribution is 2.33. The third kappa shape index (κ3) is 3.05. The molecule has 0 spiro atoms. The van der Waals surface area contributed by atoms with E-state index in [0.29, 0.717) is 12.0 Å². The Morgan fingerprint density at radius 1 is 1.29 bits per heavy atom. The summed E-state index contributed by atoms with van der Waals surface area (Å²) in [6.07, 6.45) is 4.60. The molecule has 0 amide bonds. The van der Waals surface area contributed by atoms with E-state index in [9.17, 15) is 4.39 Å². The van der Waals surface area contributed by atoms with Crippen LogP contribution in [0.5, 0.6) is 0 Å². The number of hydrogen-bond acceptors (Lipinski definition) is 2. The van der Waals surface area contributed by atoms with Crippen LogP contribution in [0.25, 0.3) is 0 Å². The van der Waals surface area contributed by atoms with E-state index >= 15 is 0 Å². The van der Waals surface area contributed by atoms with Gasteiger partial charge in [-0.25, -0.2) is 4.39 Å². The van der Waals surface area contributed by atoms with Gasteiger partial charge in [-0.3, -0.25) is 0 Å². The van der Waals surface area contributed by atoms with Crippen LogP contribution in [0.1, 0.15) is 37.3 Å². The minimum atomic E-state index is -0.193. The summed E-state index contributed by atoms with van der Waals surface area (Å²) in [5.41, 5.74) is 7.17. The zero-order chi connectivity index (χ0) is 12.3. The zero-order valence-corrected chi connectivity index (χ0v) is 10.3. The summed E-state index contributed by atoms with van der Waals surface area (Å²) in [4.78, 5) is 0. The van der Waals surface area contributed by atoms with Gasteiger partial charge >= 0.3 is 0 Å². The molecule has 0 heterocycles. The summed E-state index contributed by atoms with van der Waals surface area (Å²) in [6, 6.07) is 7.31. The number of nitrogens with one attached hydrogen (secondary N) is 1. The first-order chi connectivity index (χ1) is 8.20. The van der Waals surface area contributed by atoms with Crippen LogP contribution >= 0.6 is 0 Å². The van der Waals surface area contributed by atoms with Gasteiger partial charge in [-0.05, 0) is 56.3 Å². The van der Waals surface area contributed by atoms with E-state index in [1.54, 1.807) is 12.1 Å². The first-order valence-electron chi connectivity index (χ1n) is 6.39. The first-order valence-corrected chi connectivity index (χ1v) is 6.39. The summed E-state index contributed by atoms with van der Waals surface area (Å²) in [6.45, 7) is 0. The summed E-state index contributed by atoms with van der Waals surface area (Å²) < 4.78 is 13.1. The van der Waals surface area contributed by atoms with Gasteiger partial charge in [-0.1, -0.05) is 12.1 Å². The average Bonchev–Trinajstić information content (AvgIpc) is 2.38. The van der Waals surface area contributed by atoms with Gasteiger partial charge in [0.1, 0.15) is 5.82 Å². The Balaban J connectivity index is 1.99. The molecule has 0 aliphatic heterocycles. The monoisotopic (exact) mass is 236 g/mol. The molecule has 3 heteroatoms. The predicted molar refractivity (Wildman–Crippen MR) is 68.1 cm³/mol. The molecule has 0 saturated heterocycles. The topological polar surface area (TPSA) is 38.0 Å². The fourth-order valence-corrected chi connectivity index (χ4v) is 2.75. The number of benzene rings is 1. The second-order valence-corrected chi connectivity index (χ2v) is 4.98. The van der Waals surface area contributed by atoms with Gasteiger partial charge in [-0.15, -0.1) is 0 Å². The molecule has 1 aliphatic carbocycles. The molecule has 17 heavy (non-hydrogen) atoms. The molecule has 1 atom stereocenters. The van der Waals surface area contributed by atoms with Crippen LogP contribution in [0.2, 0.25) is 0 Å². The van der Waals surface area contributed by atoms with Gasteiger partial charge in [0.05, 0.1) is 0 Å². The number of nitrogens with two attached hydrogens (primary N) is 1. The highest BCUT2D eigenvalue weighted by molar-refractivity contribution is 5.20. The lowest BCUT2D eigenvalue weighted by atomic mass is 9.79. The van der Waals surface area contributed by atoms with Crippen molar-refractivity contribution < 1.29 is 4.39 Å². The van der Waals surface area contributed by atoms with Crippen LogP contribution in [-0.2, 0) is 0 Å². The van der Waals surface area contributed by atoms with E-state index in [-0.39, 0.29) is 11.9 Å². The third-order valence-corrected chi connectivity index (χ3v) is 3.92. The summed E-state index contributed by atoms with van der Waals surface area (Å²) in [7, 11) is 2.01. The standard InChI is InChI=1S/C14H21FN2/c1-17-13-7-5-10(6-8-13)14(16)11-3-2-4-12(15)9-11/h2-4,9-10,13-14,17H,5-8,16H2,1H3. The lowest BCUT2D eigenvalue weighted by Gasteiger charge is -2.32. The molecule has 1 saturated carbocycles. The number of halogens is 1. The van der Waals surface area contributed by atoms with Crippen molar-refractivity contribution in [3.8, 4) is 0 Å². The second-order valence-electron chi connectivity index (χ2n) is 4.98. The van der Waals surface area contributed by atoms with Gasteiger partial charge in [0, 0.05) is 12.1 Å². The van der Waals surface area contributed by atoms with E-state index in [0.717, 1.165) is 18.4 Å². The van der Waals surface area contributed by atoms with Crippen LogP contribution in [0.4, 0.5) is 4.39 Å². The van der Waals surface area contributed by atoms with Gasteiger partial charge in [0.15, 0.2) is 0 Å². The van der Waals surface area contributed by atoms with Crippen molar-refractivity contribution >= 4 is 0 Å². The Morgan fingerprint density at radius 2 is 2.00 bits per heavy atom. The van der Waals surface area contributed by atoms with Gasteiger partial charge in [0.2, 0.25) is 0 Å². The minimum Gasteiger partial charge on any atom is -0.324 e. The van der Waals surface area contributed by atoms with E-state index in [1.807, 2.05) is 13.1 Å². The Morgan fingerprint density at radius 3 is 2.59 bits per heavy atom. The van der Waals surface area contributed by atoms with Gasteiger partial charge in [0.25, 0.3) is 0 Å². The van der Waals surface area contributed by atoms with Crippen molar-refractivity contribution in [2.45, 2.75) is 37.8 Å². The predicted octanol–water partition coefficient (Wildman–Crippen LogP) is 2.60. The molecule has 1 aliphatic rings. The quantitative estimate of drug-likeness (QED) is 0.846. The van der Waals surface area contributed by atoms with E-state index in [1.165, 1.54) is 18.9 Å².